The Balaban J connectivity index is 1.25. The van der Waals surface area contributed by atoms with E-state index < -0.39 is 0 Å². The molecule has 0 bridgehead atoms. The first-order chi connectivity index (χ1) is 15.6. The number of nitrogens with zero attached hydrogens (tertiary/aromatic N) is 2. The predicted molar refractivity (Wildman–Crippen MR) is 128 cm³/mol. The average Bonchev–Trinajstić information content (AvgIpc) is 2.83. The number of halogens is 1. The first-order valence-electron chi connectivity index (χ1n) is 11.7. The molecule has 0 aliphatic carbocycles. The van der Waals surface area contributed by atoms with Crippen molar-refractivity contribution in [2.24, 2.45) is 11.8 Å². The zero-order chi connectivity index (χ0) is 22.3. The number of benzene rings is 2. The monoisotopic (exact) mass is 453 g/mol. The number of hydrogen-bond donors (Lipinski definition) is 1. The molecule has 0 unspecified atom stereocenters. The standard InChI is InChI=1S/C26H32ClN3O2/c27-24-12-10-22(11-13-24)26(32)30-15-5-9-23(19-30)25(31)28-16-21-8-4-14-29(18-21)17-20-6-2-1-3-7-20/h1-3,6-7,10-13,21,23H,4-5,8-9,14-19H2,(H,28,31)/t21-,23-/m0/s1. The molecule has 2 aliphatic rings. The fraction of sp³-hybridized carbons (Fsp3) is 0.462. The van der Waals surface area contributed by atoms with Crippen LogP contribution in [0.2, 0.25) is 5.02 Å². The largest absolute Gasteiger partial charge is 0.355 e. The Morgan fingerprint density at radius 2 is 1.69 bits per heavy atom. The van der Waals surface area contributed by atoms with Crippen LogP contribution in [0.5, 0.6) is 0 Å². The van der Waals surface area contributed by atoms with Crippen LogP contribution in [0.15, 0.2) is 54.6 Å². The van der Waals surface area contributed by atoms with Crippen LogP contribution in [0.4, 0.5) is 0 Å². The van der Waals surface area contributed by atoms with Crippen LogP contribution >= 0.6 is 11.6 Å². The van der Waals surface area contributed by atoms with Crippen molar-refractivity contribution in [2.75, 3.05) is 32.7 Å². The van der Waals surface area contributed by atoms with Crippen LogP contribution in [-0.2, 0) is 11.3 Å². The first-order valence-corrected chi connectivity index (χ1v) is 12.0. The van der Waals surface area contributed by atoms with Gasteiger partial charge in [-0.25, -0.2) is 0 Å². The Labute approximate surface area is 195 Å². The average molecular weight is 454 g/mol. The van der Waals surface area contributed by atoms with E-state index in [0.29, 0.717) is 36.1 Å². The van der Waals surface area contributed by atoms with Gasteiger partial charge in [-0.15, -0.1) is 0 Å². The maximum absolute atomic E-state index is 12.9. The highest BCUT2D eigenvalue weighted by atomic mass is 35.5. The molecule has 6 heteroatoms. The zero-order valence-corrected chi connectivity index (χ0v) is 19.3. The lowest BCUT2D eigenvalue weighted by molar-refractivity contribution is -0.126. The van der Waals surface area contributed by atoms with E-state index in [9.17, 15) is 9.59 Å². The minimum absolute atomic E-state index is 0.0250. The van der Waals surface area contributed by atoms with E-state index in [0.717, 1.165) is 38.9 Å². The quantitative estimate of drug-likeness (QED) is 0.712. The normalized spacial score (nSPS) is 21.8. The molecule has 2 aromatic rings. The van der Waals surface area contributed by atoms with Gasteiger partial charge in [-0.05, 0) is 68.0 Å². The zero-order valence-electron chi connectivity index (χ0n) is 18.5. The summed E-state index contributed by atoms with van der Waals surface area (Å²) in [6.45, 7) is 4.99. The van der Waals surface area contributed by atoms with Crippen molar-refractivity contribution in [3.05, 3.63) is 70.7 Å². The van der Waals surface area contributed by atoms with Crippen molar-refractivity contribution in [2.45, 2.75) is 32.2 Å². The lowest BCUT2D eigenvalue weighted by Gasteiger charge is -2.34. The maximum atomic E-state index is 12.9. The summed E-state index contributed by atoms with van der Waals surface area (Å²) in [5, 5.41) is 3.81. The van der Waals surface area contributed by atoms with Crippen molar-refractivity contribution in [1.82, 2.24) is 15.1 Å². The number of amides is 2. The van der Waals surface area contributed by atoms with E-state index in [1.54, 1.807) is 29.2 Å². The van der Waals surface area contributed by atoms with Gasteiger partial charge in [-0.3, -0.25) is 14.5 Å². The second kappa shape index (κ2) is 11.0. The summed E-state index contributed by atoms with van der Waals surface area (Å²) in [7, 11) is 0. The molecule has 0 radical (unpaired) electrons. The Bertz CT molecular complexity index is 903. The Hall–Kier alpha value is -2.37. The van der Waals surface area contributed by atoms with Crippen molar-refractivity contribution < 1.29 is 9.59 Å². The fourth-order valence-electron chi connectivity index (χ4n) is 4.84. The minimum atomic E-state index is -0.135. The highest BCUT2D eigenvalue weighted by Crippen LogP contribution is 2.21. The van der Waals surface area contributed by atoms with E-state index in [-0.39, 0.29) is 17.7 Å². The molecule has 2 heterocycles. The number of hydrogen-bond acceptors (Lipinski definition) is 3. The van der Waals surface area contributed by atoms with Gasteiger partial charge in [0.15, 0.2) is 0 Å². The number of likely N-dealkylation sites (tertiary alicyclic amines) is 2. The van der Waals surface area contributed by atoms with Crippen LogP contribution in [-0.4, -0.2) is 54.3 Å². The fourth-order valence-corrected chi connectivity index (χ4v) is 4.97. The topological polar surface area (TPSA) is 52.7 Å². The molecule has 4 rings (SSSR count). The van der Waals surface area contributed by atoms with Crippen LogP contribution in [0.3, 0.4) is 0 Å². The maximum Gasteiger partial charge on any atom is 0.253 e. The summed E-state index contributed by atoms with van der Waals surface area (Å²) >= 11 is 5.93. The van der Waals surface area contributed by atoms with E-state index in [2.05, 4.69) is 34.5 Å². The van der Waals surface area contributed by atoms with Crippen LogP contribution in [0.1, 0.15) is 41.6 Å². The second-order valence-corrected chi connectivity index (χ2v) is 9.51. The molecule has 2 aliphatic heterocycles. The number of nitrogens with one attached hydrogen (secondary N) is 1. The third kappa shape index (κ3) is 6.11. The molecule has 0 aromatic heterocycles. The van der Waals surface area contributed by atoms with Crippen molar-refractivity contribution >= 4 is 23.4 Å². The summed E-state index contributed by atoms with van der Waals surface area (Å²) in [5.74, 6) is 0.401. The third-order valence-corrected chi connectivity index (χ3v) is 6.84. The number of piperidine rings is 2. The molecule has 2 fully saturated rings. The Morgan fingerprint density at radius 3 is 2.47 bits per heavy atom. The van der Waals surface area contributed by atoms with Gasteiger partial charge in [0.1, 0.15) is 0 Å². The summed E-state index contributed by atoms with van der Waals surface area (Å²) in [6.07, 6.45) is 4.00. The van der Waals surface area contributed by atoms with Crippen molar-refractivity contribution in [3.8, 4) is 0 Å². The second-order valence-electron chi connectivity index (χ2n) is 9.07. The van der Waals surface area contributed by atoms with E-state index in [1.165, 1.54) is 12.0 Å². The van der Waals surface area contributed by atoms with Crippen molar-refractivity contribution in [1.29, 1.82) is 0 Å². The Kier molecular flexibility index (Phi) is 7.82. The van der Waals surface area contributed by atoms with E-state index in [4.69, 9.17) is 11.6 Å². The lowest BCUT2D eigenvalue weighted by atomic mass is 9.94. The predicted octanol–water partition coefficient (Wildman–Crippen LogP) is 4.22. The van der Waals surface area contributed by atoms with Gasteiger partial charge in [0.05, 0.1) is 5.92 Å². The summed E-state index contributed by atoms with van der Waals surface area (Å²) < 4.78 is 0. The van der Waals surface area contributed by atoms with E-state index in [1.807, 2.05) is 6.07 Å². The molecule has 0 spiro atoms. The molecule has 32 heavy (non-hydrogen) atoms. The molecule has 0 saturated carbocycles. The lowest BCUT2D eigenvalue weighted by Crippen LogP contribution is -2.47. The van der Waals surface area contributed by atoms with Gasteiger partial charge in [0.25, 0.3) is 5.91 Å². The van der Waals surface area contributed by atoms with Crippen molar-refractivity contribution in [3.63, 3.8) is 0 Å². The third-order valence-electron chi connectivity index (χ3n) is 6.59. The van der Waals surface area contributed by atoms with Crippen LogP contribution in [0.25, 0.3) is 0 Å². The van der Waals surface area contributed by atoms with Crippen LogP contribution in [0, 0.1) is 11.8 Å². The highest BCUT2D eigenvalue weighted by Gasteiger charge is 2.29. The molecule has 2 saturated heterocycles. The molecule has 5 nitrogen and oxygen atoms in total. The molecule has 2 amide bonds. The van der Waals surface area contributed by atoms with E-state index >= 15 is 0 Å². The number of carbonyl (C=O) groups is 2. The van der Waals surface area contributed by atoms with Gasteiger partial charge in [-0.1, -0.05) is 41.9 Å². The summed E-state index contributed by atoms with van der Waals surface area (Å²) in [4.78, 5) is 30.0. The van der Waals surface area contributed by atoms with Gasteiger partial charge in [0.2, 0.25) is 5.91 Å². The minimum Gasteiger partial charge on any atom is -0.355 e. The number of carbonyl (C=O) groups excluding carboxylic acids is 2. The van der Waals surface area contributed by atoms with Gasteiger partial charge in [-0.2, -0.15) is 0 Å². The summed E-state index contributed by atoms with van der Waals surface area (Å²) in [5.41, 5.74) is 1.96. The molecule has 170 valence electrons. The van der Waals surface area contributed by atoms with Gasteiger partial charge >= 0.3 is 0 Å². The SMILES string of the molecule is O=C(NC[C@@H]1CCCN(Cc2ccccc2)C1)[C@H]1CCCN(C(=O)c2ccc(Cl)cc2)C1. The smallest absolute Gasteiger partial charge is 0.253 e. The van der Waals surface area contributed by atoms with Crippen LogP contribution < -0.4 is 5.32 Å². The van der Waals surface area contributed by atoms with Gasteiger partial charge in [0, 0.05) is 43.3 Å². The molecule has 1 N–H and O–H groups in total. The molecule has 2 atom stereocenters. The first kappa shape index (κ1) is 22.8. The summed E-state index contributed by atoms with van der Waals surface area (Å²) in [6, 6.07) is 17.5. The molecular weight excluding hydrogens is 422 g/mol. The molecule has 2 aromatic carbocycles. The van der Waals surface area contributed by atoms with Gasteiger partial charge < -0.3 is 10.2 Å². The highest BCUT2D eigenvalue weighted by molar-refractivity contribution is 6.30. The number of rotatable bonds is 6. The Morgan fingerprint density at radius 1 is 0.938 bits per heavy atom. The molecular formula is C26H32ClN3O2.